The SMILES string of the molecule is Cc1c(C=Nc2cc(Cl)ccc2O)c(O)n(Cc2ccccc2)c(=O)c1C#N. The topological polar surface area (TPSA) is 98.6 Å². The van der Waals surface area contributed by atoms with E-state index in [9.17, 15) is 20.3 Å². The third-order valence-electron chi connectivity index (χ3n) is 4.30. The lowest BCUT2D eigenvalue weighted by Gasteiger charge is -2.14. The normalized spacial score (nSPS) is 10.9. The number of benzene rings is 2. The molecule has 0 fully saturated rings. The molecule has 2 aromatic carbocycles. The molecule has 0 saturated carbocycles. The molecule has 0 unspecified atom stereocenters. The fourth-order valence-corrected chi connectivity index (χ4v) is 2.94. The highest BCUT2D eigenvalue weighted by atomic mass is 35.5. The van der Waals surface area contributed by atoms with Gasteiger partial charge in [0.25, 0.3) is 5.56 Å². The first-order valence-corrected chi connectivity index (χ1v) is 8.73. The number of hydrogen-bond donors (Lipinski definition) is 2. The van der Waals surface area contributed by atoms with Crippen molar-refractivity contribution in [2.24, 2.45) is 4.99 Å². The Balaban J connectivity index is 2.14. The van der Waals surface area contributed by atoms with Crippen LogP contribution in [0, 0.1) is 18.3 Å². The highest BCUT2D eigenvalue weighted by Gasteiger charge is 2.18. The van der Waals surface area contributed by atoms with Crippen molar-refractivity contribution in [2.45, 2.75) is 13.5 Å². The Kier molecular flexibility index (Phi) is 5.48. The number of phenols is 1. The van der Waals surface area contributed by atoms with Crippen LogP contribution in [0.15, 0.2) is 58.3 Å². The molecule has 0 aliphatic rings. The van der Waals surface area contributed by atoms with Crippen molar-refractivity contribution in [3.63, 3.8) is 0 Å². The molecular weight excluding hydrogens is 378 g/mol. The number of pyridine rings is 1. The van der Waals surface area contributed by atoms with Gasteiger partial charge in [-0.05, 0) is 36.2 Å². The number of aromatic nitrogens is 1. The van der Waals surface area contributed by atoms with Crippen molar-refractivity contribution in [3.05, 3.63) is 86.2 Å². The molecule has 0 atom stereocenters. The summed E-state index contributed by atoms with van der Waals surface area (Å²) in [4.78, 5) is 16.8. The second kappa shape index (κ2) is 7.99. The number of aliphatic imine (C=N–C) groups is 1. The van der Waals surface area contributed by atoms with Crippen LogP contribution >= 0.6 is 11.6 Å². The molecule has 0 aliphatic heterocycles. The fourth-order valence-electron chi connectivity index (χ4n) is 2.77. The van der Waals surface area contributed by atoms with Crippen LogP contribution in [0.2, 0.25) is 5.02 Å². The lowest BCUT2D eigenvalue weighted by molar-refractivity contribution is 0.413. The molecule has 3 rings (SSSR count). The van der Waals surface area contributed by atoms with Gasteiger partial charge in [0, 0.05) is 11.2 Å². The molecule has 1 heterocycles. The third kappa shape index (κ3) is 3.75. The van der Waals surface area contributed by atoms with E-state index in [2.05, 4.69) is 4.99 Å². The zero-order chi connectivity index (χ0) is 20.3. The van der Waals surface area contributed by atoms with Gasteiger partial charge in [-0.3, -0.25) is 14.4 Å². The smallest absolute Gasteiger partial charge is 0.271 e. The molecule has 140 valence electrons. The molecule has 2 N–H and O–H groups in total. The number of aromatic hydroxyl groups is 2. The van der Waals surface area contributed by atoms with Crippen molar-refractivity contribution < 1.29 is 10.2 Å². The largest absolute Gasteiger partial charge is 0.506 e. The summed E-state index contributed by atoms with van der Waals surface area (Å²) in [5, 5.41) is 30.4. The van der Waals surface area contributed by atoms with E-state index in [4.69, 9.17) is 11.6 Å². The van der Waals surface area contributed by atoms with E-state index < -0.39 is 5.56 Å². The number of nitrogens with zero attached hydrogens (tertiary/aromatic N) is 3. The first-order valence-electron chi connectivity index (χ1n) is 8.35. The summed E-state index contributed by atoms with van der Waals surface area (Å²) >= 11 is 5.92. The number of phenolic OH excluding ortho intramolecular Hbond substituents is 1. The van der Waals surface area contributed by atoms with Gasteiger partial charge in [0.15, 0.2) is 0 Å². The number of halogens is 1. The summed E-state index contributed by atoms with van der Waals surface area (Å²) in [5.74, 6) is -0.397. The predicted molar refractivity (Wildman–Crippen MR) is 108 cm³/mol. The van der Waals surface area contributed by atoms with Crippen molar-refractivity contribution in [1.29, 1.82) is 5.26 Å². The third-order valence-corrected chi connectivity index (χ3v) is 4.54. The Morgan fingerprint density at radius 1 is 1.21 bits per heavy atom. The average Bonchev–Trinajstić information content (AvgIpc) is 2.69. The van der Waals surface area contributed by atoms with Gasteiger partial charge in [-0.15, -0.1) is 0 Å². The van der Waals surface area contributed by atoms with Crippen LogP contribution in [0.5, 0.6) is 11.6 Å². The molecule has 1 aromatic heterocycles. The van der Waals surface area contributed by atoms with Gasteiger partial charge in [0.2, 0.25) is 5.88 Å². The van der Waals surface area contributed by atoms with E-state index in [1.54, 1.807) is 6.92 Å². The van der Waals surface area contributed by atoms with Crippen molar-refractivity contribution in [2.75, 3.05) is 0 Å². The van der Waals surface area contributed by atoms with Crippen LogP contribution in [0.4, 0.5) is 5.69 Å². The number of rotatable bonds is 4. The Morgan fingerprint density at radius 3 is 2.61 bits per heavy atom. The Labute approximate surface area is 166 Å². The maximum atomic E-state index is 12.6. The Bertz CT molecular complexity index is 1160. The minimum Gasteiger partial charge on any atom is -0.506 e. The maximum Gasteiger partial charge on any atom is 0.271 e. The summed E-state index contributed by atoms with van der Waals surface area (Å²) in [6, 6.07) is 15.4. The Morgan fingerprint density at radius 2 is 1.93 bits per heavy atom. The van der Waals surface area contributed by atoms with Crippen LogP contribution in [0.3, 0.4) is 0 Å². The van der Waals surface area contributed by atoms with E-state index in [1.807, 2.05) is 36.4 Å². The highest BCUT2D eigenvalue weighted by molar-refractivity contribution is 6.30. The van der Waals surface area contributed by atoms with Gasteiger partial charge in [-0.1, -0.05) is 41.9 Å². The second-order valence-corrected chi connectivity index (χ2v) is 6.55. The molecule has 3 aromatic rings. The van der Waals surface area contributed by atoms with Gasteiger partial charge in [0.1, 0.15) is 23.1 Å². The predicted octanol–water partition coefficient (Wildman–Crippen LogP) is 3.89. The number of hydrogen-bond acceptors (Lipinski definition) is 5. The van der Waals surface area contributed by atoms with Crippen molar-refractivity contribution >= 4 is 23.5 Å². The van der Waals surface area contributed by atoms with Crippen LogP contribution in [0.1, 0.15) is 22.3 Å². The van der Waals surface area contributed by atoms with Crippen molar-refractivity contribution in [3.8, 4) is 17.7 Å². The van der Waals surface area contributed by atoms with Crippen LogP contribution in [-0.2, 0) is 6.54 Å². The Hall–Kier alpha value is -3.56. The highest BCUT2D eigenvalue weighted by Crippen LogP contribution is 2.30. The fraction of sp³-hybridized carbons (Fsp3) is 0.0952. The van der Waals surface area contributed by atoms with Crippen LogP contribution in [0.25, 0.3) is 0 Å². The number of nitriles is 1. The van der Waals surface area contributed by atoms with Gasteiger partial charge in [0.05, 0.1) is 12.1 Å². The summed E-state index contributed by atoms with van der Waals surface area (Å²) in [5.41, 5.74) is 0.856. The van der Waals surface area contributed by atoms with E-state index in [0.717, 1.165) is 10.1 Å². The molecule has 0 radical (unpaired) electrons. The monoisotopic (exact) mass is 393 g/mol. The zero-order valence-electron chi connectivity index (χ0n) is 14.9. The minimum atomic E-state index is -0.580. The molecule has 7 heteroatoms. The average molecular weight is 394 g/mol. The second-order valence-electron chi connectivity index (χ2n) is 6.12. The van der Waals surface area contributed by atoms with E-state index >= 15 is 0 Å². The molecule has 0 amide bonds. The van der Waals surface area contributed by atoms with Gasteiger partial charge >= 0.3 is 0 Å². The first kappa shape index (κ1) is 19.2. The van der Waals surface area contributed by atoms with Crippen LogP contribution in [-0.4, -0.2) is 21.0 Å². The van der Waals surface area contributed by atoms with Gasteiger partial charge in [-0.2, -0.15) is 5.26 Å². The van der Waals surface area contributed by atoms with E-state index in [0.29, 0.717) is 10.6 Å². The molecular formula is C21H16ClN3O3. The van der Waals surface area contributed by atoms with Crippen molar-refractivity contribution in [1.82, 2.24) is 4.57 Å². The standard InChI is InChI=1S/C21H16ClN3O3/c1-13-16(10-23)20(27)25(12-14-5-3-2-4-6-14)21(28)17(13)11-24-18-9-15(22)7-8-19(18)26/h2-9,11,26,28H,12H2,1H3. The van der Waals surface area contributed by atoms with Crippen LogP contribution < -0.4 is 5.56 Å². The van der Waals surface area contributed by atoms with Gasteiger partial charge in [-0.25, -0.2) is 0 Å². The maximum absolute atomic E-state index is 12.6. The minimum absolute atomic E-state index is 0.0782. The molecule has 0 bridgehead atoms. The lowest BCUT2D eigenvalue weighted by Crippen LogP contribution is -2.25. The quantitative estimate of drug-likeness (QED) is 0.657. The molecule has 28 heavy (non-hydrogen) atoms. The lowest BCUT2D eigenvalue weighted by atomic mass is 10.1. The molecule has 0 spiro atoms. The molecule has 0 aliphatic carbocycles. The first-order chi connectivity index (χ1) is 13.4. The summed E-state index contributed by atoms with van der Waals surface area (Å²) in [6.45, 7) is 1.66. The zero-order valence-corrected chi connectivity index (χ0v) is 15.7. The summed E-state index contributed by atoms with van der Waals surface area (Å²) in [6.07, 6.45) is 1.30. The summed E-state index contributed by atoms with van der Waals surface area (Å²) < 4.78 is 1.13. The summed E-state index contributed by atoms with van der Waals surface area (Å²) in [7, 11) is 0. The van der Waals surface area contributed by atoms with E-state index in [-0.39, 0.29) is 35.0 Å². The molecule has 6 nitrogen and oxygen atoms in total. The molecule has 0 saturated heterocycles. The van der Waals surface area contributed by atoms with E-state index in [1.165, 1.54) is 24.4 Å². The van der Waals surface area contributed by atoms with Gasteiger partial charge < -0.3 is 10.2 Å².